The van der Waals surface area contributed by atoms with Crippen molar-refractivity contribution >= 4 is 50.7 Å². The van der Waals surface area contributed by atoms with Crippen LogP contribution in [0, 0.1) is 6.92 Å². The quantitative estimate of drug-likeness (QED) is 0.519. The lowest BCUT2D eigenvalue weighted by atomic mass is 10.1. The number of anilines is 1. The van der Waals surface area contributed by atoms with Gasteiger partial charge in [0.1, 0.15) is 6.04 Å². The van der Waals surface area contributed by atoms with E-state index in [1.807, 2.05) is 19.1 Å². The number of nitrogens with one attached hydrogen (secondary N) is 1. The Balaban J connectivity index is 2.21. The Kier molecular flexibility index (Phi) is 9.57. The minimum atomic E-state index is -3.54. The van der Waals surface area contributed by atoms with E-state index >= 15 is 0 Å². The summed E-state index contributed by atoms with van der Waals surface area (Å²) in [6.45, 7) is 3.64. The highest BCUT2D eigenvalue weighted by molar-refractivity contribution is 7.92. The van der Waals surface area contributed by atoms with Gasteiger partial charge in [-0.25, -0.2) is 8.42 Å². The van der Waals surface area contributed by atoms with E-state index in [1.165, 1.54) is 16.3 Å². The first-order valence-corrected chi connectivity index (χ1v) is 13.0. The Labute approximate surface area is 205 Å². The number of hydrogen-bond acceptors (Lipinski definition) is 4. The fourth-order valence-electron chi connectivity index (χ4n) is 3.47. The molecule has 0 aromatic heterocycles. The third-order valence-corrected chi connectivity index (χ3v) is 7.23. The molecule has 0 spiro atoms. The van der Waals surface area contributed by atoms with E-state index in [-0.39, 0.29) is 37.7 Å². The molecule has 0 bridgehead atoms. The summed E-state index contributed by atoms with van der Waals surface area (Å²) in [5.41, 5.74) is 1.94. The molecule has 10 heteroatoms. The van der Waals surface area contributed by atoms with E-state index in [9.17, 15) is 18.0 Å². The smallest absolute Gasteiger partial charge is 0.242 e. The molecular weight excluding hydrogens is 485 g/mol. The molecule has 0 saturated heterocycles. The lowest BCUT2D eigenvalue weighted by Gasteiger charge is -2.29. The molecule has 0 aliphatic heterocycles. The summed E-state index contributed by atoms with van der Waals surface area (Å²) in [4.78, 5) is 26.9. The zero-order chi connectivity index (χ0) is 24.8. The second-order valence-electron chi connectivity index (χ2n) is 7.74. The third kappa shape index (κ3) is 7.09. The summed E-state index contributed by atoms with van der Waals surface area (Å²) in [5.74, 6) is -0.635. The molecule has 0 fully saturated rings. The molecule has 7 nitrogen and oxygen atoms in total. The number of carbonyl (C=O) groups excluding carboxylic acids is 2. The summed E-state index contributed by atoms with van der Waals surface area (Å²) < 4.78 is 26.1. The van der Waals surface area contributed by atoms with Crippen molar-refractivity contribution in [2.45, 2.75) is 39.3 Å². The minimum absolute atomic E-state index is 0.0430. The first-order valence-electron chi connectivity index (χ1n) is 10.4. The standard InChI is InChI=1S/C23H29Cl2N3O4S/c1-16-9-5-6-12-21(16)28(33(4,31)32)14-8-13-22(29)27(17(2)23(30)26-3)15-18-19(24)10-7-11-20(18)25/h5-7,9-12,17H,8,13-15H2,1-4H3,(H,26,30)/t17-/m1/s1. The van der Waals surface area contributed by atoms with Crippen LogP contribution in [0.5, 0.6) is 0 Å². The van der Waals surface area contributed by atoms with E-state index in [1.54, 1.807) is 37.3 Å². The molecular formula is C23H29Cl2N3O4S. The minimum Gasteiger partial charge on any atom is -0.357 e. The third-order valence-electron chi connectivity index (χ3n) is 5.34. The van der Waals surface area contributed by atoms with Crippen molar-refractivity contribution in [3.63, 3.8) is 0 Å². The monoisotopic (exact) mass is 513 g/mol. The number of likely N-dealkylation sites (N-methyl/N-ethyl adjacent to an activating group) is 1. The maximum absolute atomic E-state index is 13.2. The summed E-state index contributed by atoms with van der Waals surface area (Å²) >= 11 is 12.6. The molecule has 2 aromatic rings. The summed E-state index contributed by atoms with van der Waals surface area (Å²) in [6.07, 6.45) is 1.45. The number of aryl methyl sites for hydroxylation is 1. The van der Waals surface area contributed by atoms with Crippen LogP contribution in [0.4, 0.5) is 5.69 Å². The maximum atomic E-state index is 13.2. The van der Waals surface area contributed by atoms with Gasteiger partial charge in [-0.2, -0.15) is 0 Å². The van der Waals surface area contributed by atoms with Gasteiger partial charge in [-0.1, -0.05) is 47.5 Å². The van der Waals surface area contributed by atoms with Crippen molar-refractivity contribution in [2.75, 3.05) is 24.2 Å². The summed E-state index contributed by atoms with van der Waals surface area (Å²) in [6, 6.07) is 11.4. The fraction of sp³-hybridized carbons (Fsp3) is 0.391. The number of rotatable bonds is 10. The Morgan fingerprint density at radius 2 is 1.67 bits per heavy atom. The van der Waals surface area contributed by atoms with Crippen LogP contribution in [0.1, 0.15) is 30.9 Å². The van der Waals surface area contributed by atoms with Gasteiger partial charge in [0.05, 0.1) is 11.9 Å². The highest BCUT2D eigenvalue weighted by Crippen LogP contribution is 2.27. The van der Waals surface area contributed by atoms with Crippen LogP contribution in [-0.2, 0) is 26.2 Å². The van der Waals surface area contributed by atoms with Crippen LogP contribution in [0.15, 0.2) is 42.5 Å². The van der Waals surface area contributed by atoms with Gasteiger partial charge in [0, 0.05) is 42.2 Å². The van der Waals surface area contributed by atoms with E-state index in [0.717, 1.165) is 11.8 Å². The molecule has 1 atom stereocenters. The molecule has 0 heterocycles. The van der Waals surface area contributed by atoms with Crippen molar-refractivity contribution in [1.29, 1.82) is 0 Å². The van der Waals surface area contributed by atoms with Gasteiger partial charge in [0.2, 0.25) is 21.8 Å². The Bertz CT molecular complexity index is 1090. The van der Waals surface area contributed by atoms with Crippen molar-refractivity contribution in [1.82, 2.24) is 10.2 Å². The number of para-hydroxylation sites is 1. The molecule has 0 aliphatic carbocycles. The highest BCUT2D eigenvalue weighted by Gasteiger charge is 2.27. The SMILES string of the molecule is CNC(=O)[C@@H](C)N(Cc1c(Cl)cccc1Cl)C(=O)CCCN(c1ccccc1C)S(C)(=O)=O. The summed E-state index contributed by atoms with van der Waals surface area (Å²) in [5, 5.41) is 3.34. The van der Waals surface area contributed by atoms with Gasteiger partial charge in [-0.05, 0) is 44.0 Å². The molecule has 1 N–H and O–H groups in total. The second-order valence-corrected chi connectivity index (χ2v) is 10.5. The van der Waals surface area contributed by atoms with Crippen LogP contribution >= 0.6 is 23.2 Å². The molecule has 0 saturated carbocycles. The number of hydrogen-bond donors (Lipinski definition) is 1. The average molecular weight is 514 g/mol. The predicted octanol–water partition coefficient (Wildman–Crippen LogP) is 4.01. The Hall–Kier alpha value is -2.29. The topological polar surface area (TPSA) is 86.8 Å². The van der Waals surface area contributed by atoms with Crippen molar-refractivity contribution < 1.29 is 18.0 Å². The molecule has 2 rings (SSSR count). The molecule has 0 aliphatic rings. The van der Waals surface area contributed by atoms with E-state index in [4.69, 9.17) is 23.2 Å². The second kappa shape index (κ2) is 11.7. The van der Waals surface area contributed by atoms with Crippen molar-refractivity contribution in [3.05, 3.63) is 63.6 Å². The fourth-order valence-corrected chi connectivity index (χ4v) is 5.01. The number of carbonyl (C=O) groups is 2. The Morgan fingerprint density at radius 1 is 1.06 bits per heavy atom. The van der Waals surface area contributed by atoms with Gasteiger partial charge in [0.25, 0.3) is 0 Å². The molecule has 2 aromatic carbocycles. The number of sulfonamides is 1. The molecule has 33 heavy (non-hydrogen) atoms. The lowest BCUT2D eigenvalue weighted by molar-refractivity contribution is -0.140. The first-order chi connectivity index (χ1) is 15.5. The van der Waals surface area contributed by atoms with Crippen LogP contribution in [0.3, 0.4) is 0 Å². The molecule has 180 valence electrons. The molecule has 2 amide bonds. The molecule has 0 radical (unpaired) electrons. The van der Waals surface area contributed by atoms with Crippen LogP contribution in [0.2, 0.25) is 10.0 Å². The van der Waals surface area contributed by atoms with Crippen molar-refractivity contribution in [2.24, 2.45) is 0 Å². The van der Waals surface area contributed by atoms with Gasteiger partial charge in [-0.15, -0.1) is 0 Å². The normalized spacial score (nSPS) is 12.2. The molecule has 0 unspecified atom stereocenters. The van der Waals surface area contributed by atoms with E-state index in [2.05, 4.69) is 5.32 Å². The number of nitrogens with zero attached hydrogens (tertiary/aromatic N) is 2. The van der Waals surface area contributed by atoms with Crippen LogP contribution < -0.4 is 9.62 Å². The van der Waals surface area contributed by atoms with Crippen LogP contribution in [-0.4, -0.2) is 51.0 Å². The lowest BCUT2D eigenvalue weighted by Crippen LogP contribution is -2.47. The Morgan fingerprint density at radius 3 is 2.21 bits per heavy atom. The van der Waals surface area contributed by atoms with Gasteiger partial charge in [0.15, 0.2) is 0 Å². The van der Waals surface area contributed by atoms with Crippen LogP contribution in [0.25, 0.3) is 0 Å². The maximum Gasteiger partial charge on any atom is 0.242 e. The zero-order valence-electron chi connectivity index (χ0n) is 19.1. The predicted molar refractivity (Wildman–Crippen MR) is 133 cm³/mol. The average Bonchev–Trinajstić information content (AvgIpc) is 2.75. The zero-order valence-corrected chi connectivity index (χ0v) is 21.5. The van der Waals surface area contributed by atoms with E-state index in [0.29, 0.717) is 21.3 Å². The van der Waals surface area contributed by atoms with Crippen molar-refractivity contribution in [3.8, 4) is 0 Å². The van der Waals surface area contributed by atoms with Gasteiger partial charge >= 0.3 is 0 Å². The summed E-state index contributed by atoms with van der Waals surface area (Å²) in [7, 11) is -2.05. The number of amides is 2. The number of halogens is 2. The van der Waals surface area contributed by atoms with Gasteiger partial charge in [-0.3, -0.25) is 13.9 Å². The largest absolute Gasteiger partial charge is 0.357 e. The van der Waals surface area contributed by atoms with E-state index < -0.39 is 16.1 Å². The van der Waals surface area contributed by atoms with Gasteiger partial charge < -0.3 is 10.2 Å². The number of benzene rings is 2. The highest BCUT2D eigenvalue weighted by atomic mass is 35.5. The first kappa shape index (κ1) is 27.0.